The number of sulfone groups is 1. The molecular weight excluding hydrogens is 254 g/mol. The molecule has 6 nitrogen and oxygen atoms in total. The van der Waals surface area contributed by atoms with Crippen molar-refractivity contribution >= 4 is 21.4 Å². The van der Waals surface area contributed by atoms with E-state index in [2.05, 4.69) is 10.2 Å². The Morgan fingerprint density at radius 3 is 2.50 bits per heavy atom. The highest BCUT2D eigenvalue weighted by atomic mass is 35.5. The van der Waals surface area contributed by atoms with Gasteiger partial charge in [0.25, 0.3) is 0 Å². The van der Waals surface area contributed by atoms with Gasteiger partial charge in [-0.05, 0) is 0 Å². The first-order valence-corrected chi connectivity index (χ1v) is 7.21. The van der Waals surface area contributed by atoms with Gasteiger partial charge in [-0.1, -0.05) is 0 Å². The van der Waals surface area contributed by atoms with Crippen molar-refractivity contribution in [3.05, 3.63) is 11.6 Å². The maximum atomic E-state index is 11.2. The Morgan fingerprint density at radius 2 is 2.00 bits per heavy atom. The molecule has 0 atom stereocenters. The highest BCUT2D eigenvalue weighted by Crippen LogP contribution is 2.08. The number of halogens is 1. The van der Waals surface area contributed by atoms with Gasteiger partial charge in [-0.25, -0.2) is 8.42 Å². The molecular formula is C8H14ClN3O3S. The molecule has 0 radical (unpaired) electrons. The van der Waals surface area contributed by atoms with Crippen LogP contribution in [0.5, 0.6) is 0 Å². The molecule has 0 aliphatic carbocycles. The van der Waals surface area contributed by atoms with Crippen LogP contribution in [-0.4, -0.2) is 43.2 Å². The Morgan fingerprint density at radius 1 is 1.38 bits per heavy atom. The largest absolute Gasteiger partial charge is 0.383 e. The summed E-state index contributed by atoms with van der Waals surface area (Å²) in [6.07, 6.45) is 1.16. The third kappa shape index (κ3) is 3.73. The molecule has 0 aliphatic heterocycles. The molecule has 0 saturated heterocycles. The SMILES string of the molecule is COCCn1c(CCl)nnc1CS(C)(=O)=O. The van der Waals surface area contributed by atoms with E-state index < -0.39 is 9.84 Å². The lowest BCUT2D eigenvalue weighted by molar-refractivity contribution is 0.185. The smallest absolute Gasteiger partial charge is 0.154 e. The molecule has 0 amide bonds. The second-order valence-electron chi connectivity index (χ2n) is 3.38. The fourth-order valence-corrected chi connectivity index (χ4v) is 2.13. The summed E-state index contributed by atoms with van der Waals surface area (Å²) in [5.41, 5.74) is 0. The number of hydrogen-bond acceptors (Lipinski definition) is 5. The molecule has 16 heavy (non-hydrogen) atoms. The van der Waals surface area contributed by atoms with Crippen molar-refractivity contribution in [3.63, 3.8) is 0 Å². The van der Waals surface area contributed by atoms with E-state index in [9.17, 15) is 8.42 Å². The molecule has 0 bridgehead atoms. The minimum absolute atomic E-state index is 0.138. The number of methoxy groups -OCH3 is 1. The highest BCUT2D eigenvalue weighted by Gasteiger charge is 2.15. The minimum Gasteiger partial charge on any atom is -0.383 e. The van der Waals surface area contributed by atoms with E-state index in [1.165, 1.54) is 0 Å². The van der Waals surface area contributed by atoms with E-state index >= 15 is 0 Å². The molecule has 0 aliphatic rings. The van der Waals surface area contributed by atoms with Crippen molar-refractivity contribution in [1.82, 2.24) is 14.8 Å². The molecule has 92 valence electrons. The summed E-state index contributed by atoms with van der Waals surface area (Å²) >= 11 is 5.68. The van der Waals surface area contributed by atoms with Crippen LogP contribution in [0.15, 0.2) is 0 Å². The first kappa shape index (κ1) is 13.4. The third-order valence-electron chi connectivity index (χ3n) is 1.93. The van der Waals surface area contributed by atoms with E-state index in [4.69, 9.17) is 16.3 Å². The summed E-state index contributed by atoms with van der Waals surface area (Å²) in [6, 6.07) is 0. The summed E-state index contributed by atoms with van der Waals surface area (Å²) in [4.78, 5) is 0. The number of ether oxygens (including phenoxy) is 1. The summed E-state index contributed by atoms with van der Waals surface area (Å²) in [7, 11) is -1.56. The van der Waals surface area contributed by atoms with Crippen LogP contribution in [0.25, 0.3) is 0 Å². The molecule has 0 spiro atoms. The van der Waals surface area contributed by atoms with Gasteiger partial charge >= 0.3 is 0 Å². The Hall–Kier alpha value is -0.660. The maximum absolute atomic E-state index is 11.2. The lowest BCUT2D eigenvalue weighted by atomic mass is 10.5. The third-order valence-corrected chi connectivity index (χ3v) is 2.96. The van der Waals surface area contributed by atoms with Crippen LogP contribution in [0.1, 0.15) is 11.6 Å². The van der Waals surface area contributed by atoms with Crippen LogP contribution >= 0.6 is 11.6 Å². The molecule has 1 rings (SSSR count). The number of aromatic nitrogens is 3. The Labute approximate surface area is 99.5 Å². The second-order valence-corrected chi connectivity index (χ2v) is 5.79. The first-order chi connectivity index (χ1) is 7.48. The van der Waals surface area contributed by atoms with Crippen molar-refractivity contribution in [2.24, 2.45) is 0 Å². The molecule has 0 aromatic carbocycles. The fourth-order valence-electron chi connectivity index (χ4n) is 1.25. The van der Waals surface area contributed by atoms with E-state index in [-0.39, 0.29) is 11.6 Å². The molecule has 0 fully saturated rings. The summed E-state index contributed by atoms with van der Waals surface area (Å²) < 4.78 is 29.0. The molecule has 1 aromatic rings. The van der Waals surface area contributed by atoms with Crippen molar-refractivity contribution in [2.45, 2.75) is 18.2 Å². The number of alkyl halides is 1. The second kappa shape index (κ2) is 5.60. The van der Waals surface area contributed by atoms with Crippen molar-refractivity contribution < 1.29 is 13.2 Å². The van der Waals surface area contributed by atoms with Gasteiger partial charge in [0.05, 0.1) is 12.5 Å². The Kier molecular flexibility index (Phi) is 4.69. The summed E-state index contributed by atoms with van der Waals surface area (Å²) in [5, 5.41) is 7.65. The van der Waals surface area contributed by atoms with E-state index in [0.717, 1.165) is 6.26 Å². The van der Waals surface area contributed by atoms with Gasteiger partial charge in [0.15, 0.2) is 9.84 Å². The predicted molar refractivity (Wildman–Crippen MR) is 60.0 cm³/mol. The lowest BCUT2D eigenvalue weighted by Crippen LogP contribution is -2.14. The average Bonchev–Trinajstić information content (AvgIpc) is 2.55. The molecule has 0 N–H and O–H groups in total. The highest BCUT2D eigenvalue weighted by molar-refractivity contribution is 7.89. The number of hydrogen-bond donors (Lipinski definition) is 0. The van der Waals surface area contributed by atoms with Crippen LogP contribution in [0.4, 0.5) is 0 Å². The molecule has 8 heteroatoms. The quantitative estimate of drug-likeness (QED) is 0.689. The van der Waals surface area contributed by atoms with Gasteiger partial charge in [0.1, 0.15) is 17.4 Å². The fraction of sp³-hybridized carbons (Fsp3) is 0.750. The van der Waals surface area contributed by atoms with Gasteiger partial charge in [-0.15, -0.1) is 21.8 Å². The number of rotatable bonds is 6. The van der Waals surface area contributed by atoms with Crippen molar-refractivity contribution in [1.29, 1.82) is 0 Å². The van der Waals surface area contributed by atoms with Gasteiger partial charge in [-0.3, -0.25) is 0 Å². The molecule has 0 unspecified atom stereocenters. The normalized spacial score (nSPS) is 11.9. The molecule has 0 saturated carbocycles. The zero-order valence-corrected chi connectivity index (χ0v) is 10.8. The van der Waals surface area contributed by atoms with Gasteiger partial charge in [0, 0.05) is 19.9 Å². The number of nitrogens with zero attached hydrogens (tertiary/aromatic N) is 3. The zero-order chi connectivity index (χ0) is 12.2. The van der Waals surface area contributed by atoms with Crippen LogP contribution < -0.4 is 0 Å². The van der Waals surface area contributed by atoms with E-state index in [1.54, 1.807) is 11.7 Å². The first-order valence-electron chi connectivity index (χ1n) is 4.61. The summed E-state index contributed by atoms with van der Waals surface area (Å²) in [5.74, 6) is 1.01. The Bertz CT molecular complexity index is 443. The average molecular weight is 268 g/mol. The maximum Gasteiger partial charge on any atom is 0.154 e. The van der Waals surface area contributed by atoms with Crippen LogP contribution in [0.3, 0.4) is 0 Å². The van der Waals surface area contributed by atoms with Crippen molar-refractivity contribution in [2.75, 3.05) is 20.0 Å². The van der Waals surface area contributed by atoms with Crippen LogP contribution in [0.2, 0.25) is 0 Å². The minimum atomic E-state index is -3.13. The summed E-state index contributed by atoms with van der Waals surface area (Å²) in [6.45, 7) is 0.953. The Balaban J connectivity index is 2.95. The van der Waals surface area contributed by atoms with Crippen LogP contribution in [0, 0.1) is 0 Å². The zero-order valence-electron chi connectivity index (χ0n) is 9.18. The van der Waals surface area contributed by atoms with Crippen LogP contribution in [-0.2, 0) is 32.8 Å². The molecule has 1 heterocycles. The monoisotopic (exact) mass is 267 g/mol. The van der Waals surface area contributed by atoms with E-state index in [0.29, 0.717) is 24.8 Å². The van der Waals surface area contributed by atoms with Gasteiger partial charge in [0.2, 0.25) is 0 Å². The molecule has 1 aromatic heterocycles. The van der Waals surface area contributed by atoms with Crippen molar-refractivity contribution in [3.8, 4) is 0 Å². The van der Waals surface area contributed by atoms with E-state index in [1.807, 2.05) is 0 Å². The van der Waals surface area contributed by atoms with Gasteiger partial charge in [-0.2, -0.15) is 0 Å². The van der Waals surface area contributed by atoms with Gasteiger partial charge < -0.3 is 9.30 Å². The topological polar surface area (TPSA) is 74.1 Å². The standard InChI is InChI=1S/C8H14ClN3O3S/c1-15-4-3-12-7(5-9)10-11-8(12)6-16(2,13)14/h3-6H2,1-2H3. The lowest BCUT2D eigenvalue weighted by Gasteiger charge is -2.07. The predicted octanol–water partition coefficient (Wildman–Crippen LogP) is 0.208.